The first-order valence-electron chi connectivity index (χ1n) is 7.92. The highest BCUT2D eigenvalue weighted by Crippen LogP contribution is 2.39. The summed E-state index contributed by atoms with van der Waals surface area (Å²) in [6, 6.07) is 1.73. The molecule has 1 aromatic heterocycles. The van der Waals surface area contributed by atoms with Crippen molar-refractivity contribution in [2.24, 2.45) is 5.92 Å². The number of halogens is 3. The summed E-state index contributed by atoms with van der Waals surface area (Å²) in [6.07, 6.45) is -0.701. The molecule has 0 amide bonds. The van der Waals surface area contributed by atoms with Crippen LogP contribution in [-0.2, 0) is 4.74 Å². The van der Waals surface area contributed by atoms with Crippen LogP contribution in [0.25, 0.3) is 0 Å². The van der Waals surface area contributed by atoms with Crippen molar-refractivity contribution in [2.45, 2.75) is 37.8 Å². The van der Waals surface area contributed by atoms with E-state index in [4.69, 9.17) is 4.74 Å². The molecule has 1 saturated carbocycles. The lowest BCUT2D eigenvalue weighted by atomic mass is 9.98. The van der Waals surface area contributed by atoms with Crippen molar-refractivity contribution in [2.75, 3.05) is 26.2 Å². The third kappa shape index (κ3) is 4.70. The van der Waals surface area contributed by atoms with Gasteiger partial charge in [-0.2, -0.15) is 18.3 Å². The van der Waals surface area contributed by atoms with Gasteiger partial charge in [-0.25, -0.2) is 4.79 Å². The van der Waals surface area contributed by atoms with E-state index < -0.39 is 18.7 Å². The fraction of sp³-hybridized carbons (Fsp3) is 0.733. The summed E-state index contributed by atoms with van der Waals surface area (Å²) >= 11 is 0. The molecule has 1 saturated heterocycles. The number of hydrogen-bond acceptors (Lipinski definition) is 4. The number of nitrogens with one attached hydrogen (secondary N) is 1. The van der Waals surface area contributed by atoms with Crippen LogP contribution in [0.2, 0.25) is 0 Å². The third-order valence-electron chi connectivity index (χ3n) is 4.38. The molecule has 1 aromatic rings. The van der Waals surface area contributed by atoms with Gasteiger partial charge in [0.25, 0.3) is 0 Å². The van der Waals surface area contributed by atoms with Gasteiger partial charge < -0.3 is 4.74 Å². The summed E-state index contributed by atoms with van der Waals surface area (Å²) in [7, 11) is 0. The number of rotatable bonds is 5. The van der Waals surface area contributed by atoms with Crippen molar-refractivity contribution in [1.29, 1.82) is 0 Å². The Balaban J connectivity index is 1.39. The standard InChI is InChI=1S/C15H20F3N3O2/c16-15(17,18)9-21-5-3-10(4-6-21)8-23-14(22)13-7-12(19-20-13)11-1-2-11/h7,10-11H,1-6,8-9H2,(H,19,20). The fourth-order valence-electron chi connectivity index (χ4n) is 2.88. The number of H-pyrrole nitrogens is 1. The number of aromatic amines is 1. The van der Waals surface area contributed by atoms with Crippen molar-refractivity contribution in [3.63, 3.8) is 0 Å². The molecule has 1 aliphatic heterocycles. The number of hydrogen-bond donors (Lipinski definition) is 1. The quantitative estimate of drug-likeness (QED) is 0.843. The fourth-order valence-corrected chi connectivity index (χ4v) is 2.88. The van der Waals surface area contributed by atoms with E-state index in [1.807, 2.05) is 0 Å². The van der Waals surface area contributed by atoms with Gasteiger partial charge in [0.05, 0.1) is 13.2 Å². The molecule has 1 aliphatic carbocycles. The maximum Gasteiger partial charge on any atom is 0.401 e. The lowest BCUT2D eigenvalue weighted by molar-refractivity contribution is -0.148. The predicted octanol–water partition coefficient (Wildman–Crippen LogP) is 2.72. The molecule has 3 rings (SSSR count). The number of piperidine rings is 1. The Morgan fingerprint density at radius 1 is 1.30 bits per heavy atom. The summed E-state index contributed by atoms with van der Waals surface area (Å²) in [4.78, 5) is 13.3. The average Bonchev–Trinajstić information content (AvgIpc) is 3.22. The summed E-state index contributed by atoms with van der Waals surface area (Å²) < 4.78 is 42.2. The van der Waals surface area contributed by atoms with Crippen molar-refractivity contribution >= 4 is 5.97 Å². The molecule has 2 heterocycles. The van der Waals surface area contributed by atoms with Gasteiger partial charge in [-0.3, -0.25) is 10.00 Å². The number of nitrogens with zero attached hydrogens (tertiary/aromatic N) is 2. The van der Waals surface area contributed by atoms with Crippen LogP contribution in [-0.4, -0.2) is 53.5 Å². The topological polar surface area (TPSA) is 58.2 Å². The van der Waals surface area contributed by atoms with Gasteiger partial charge in [0.15, 0.2) is 5.69 Å². The first-order valence-corrected chi connectivity index (χ1v) is 7.92. The van der Waals surface area contributed by atoms with Crippen LogP contribution in [0.3, 0.4) is 0 Å². The second-order valence-corrected chi connectivity index (χ2v) is 6.42. The molecule has 0 spiro atoms. The lowest BCUT2D eigenvalue weighted by Gasteiger charge is -2.31. The van der Waals surface area contributed by atoms with Gasteiger partial charge >= 0.3 is 12.1 Å². The minimum atomic E-state index is -4.15. The zero-order chi connectivity index (χ0) is 16.4. The second kappa shape index (κ2) is 6.51. The van der Waals surface area contributed by atoms with E-state index in [-0.39, 0.29) is 18.2 Å². The first-order chi connectivity index (χ1) is 10.9. The van der Waals surface area contributed by atoms with E-state index in [1.54, 1.807) is 6.07 Å². The van der Waals surface area contributed by atoms with Gasteiger partial charge in [0, 0.05) is 11.6 Å². The molecule has 0 radical (unpaired) electrons. The van der Waals surface area contributed by atoms with Gasteiger partial charge in [0.2, 0.25) is 0 Å². The van der Waals surface area contributed by atoms with Crippen LogP contribution in [0.1, 0.15) is 47.8 Å². The maximum absolute atomic E-state index is 12.3. The monoisotopic (exact) mass is 331 g/mol. The molecule has 5 nitrogen and oxygen atoms in total. The zero-order valence-corrected chi connectivity index (χ0v) is 12.7. The van der Waals surface area contributed by atoms with E-state index >= 15 is 0 Å². The summed E-state index contributed by atoms with van der Waals surface area (Å²) in [5, 5.41) is 6.81. The summed E-state index contributed by atoms with van der Waals surface area (Å²) in [5.41, 5.74) is 1.25. The molecule has 0 aromatic carbocycles. The Hall–Kier alpha value is -1.57. The minimum absolute atomic E-state index is 0.116. The van der Waals surface area contributed by atoms with Crippen LogP contribution in [0.4, 0.5) is 13.2 Å². The smallest absolute Gasteiger partial charge is 0.401 e. The Bertz CT molecular complexity index is 546. The van der Waals surface area contributed by atoms with Crippen LogP contribution in [0.5, 0.6) is 0 Å². The van der Waals surface area contributed by atoms with Crippen LogP contribution >= 0.6 is 0 Å². The van der Waals surface area contributed by atoms with Crippen LogP contribution < -0.4 is 0 Å². The Labute approximate surface area is 132 Å². The van der Waals surface area contributed by atoms with Gasteiger partial charge in [-0.15, -0.1) is 0 Å². The maximum atomic E-state index is 12.3. The minimum Gasteiger partial charge on any atom is -0.461 e. The number of likely N-dealkylation sites (tertiary alicyclic amines) is 1. The Morgan fingerprint density at radius 2 is 2.00 bits per heavy atom. The Morgan fingerprint density at radius 3 is 2.61 bits per heavy atom. The molecular formula is C15H20F3N3O2. The van der Waals surface area contributed by atoms with Gasteiger partial charge in [0.1, 0.15) is 0 Å². The number of alkyl halides is 3. The predicted molar refractivity (Wildman–Crippen MR) is 76.1 cm³/mol. The molecule has 128 valence electrons. The summed E-state index contributed by atoms with van der Waals surface area (Å²) in [6.45, 7) is 0.146. The molecule has 0 atom stereocenters. The normalized spacial score (nSPS) is 20.7. The number of carbonyl (C=O) groups is 1. The SMILES string of the molecule is O=C(OCC1CCN(CC(F)(F)F)CC1)c1cc(C2CC2)[nH]n1. The van der Waals surface area contributed by atoms with E-state index in [0.29, 0.717) is 31.8 Å². The summed E-state index contributed by atoms with van der Waals surface area (Å²) in [5.74, 6) is 0.137. The van der Waals surface area contributed by atoms with E-state index in [0.717, 1.165) is 18.5 Å². The molecular weight excluding hydrogens is 311 g/mol. The zero-order valence-electron chi connectivity index (χ0n) is 12.7. The Kier molecular flexibility index (Phi) is 4.61. The molecule has 1 N–H and O–H groups in total. The molecule has 0 bridgehead atoms. The van der Waals surface area contributed by atoms with Gasteiger partial charge in [-0.1, -0.05) is 0 Å². The van der Waals surface area contributed by atoms with Gasteiger partial charge in [-0.05, 0) is 50.8 Å². The van der Waals surface area contributed by atoms with E-state index in [1.165, 1.54) is 4.90 Å². The van der Waals surface area contributed by atoms with Crippen molar-refractivity contribution in [3.8, 4) is 0 Å². The number of carbonyl (C=O) groups excluding carboxylic acids is 1. The molecule has 23 heavy (non-hydrogen) atoms. The average molecular weight is 331 g/mol. The lowest BCUT2D eigenvalue weighted by Crippen LogP contribution is -2.40. The molecule has 2 fully saturated rings. The third-order valence-corrected chi connectivity index (χ3v) is 4.38. The number of ether oxygens (including phenoxy) is 1. The van der Waals surface area contributed by atoms with Crippen molar-refractivity contribution in [1.82, 2.24) is 15.1 Å². The number of aromatic nitrogens is 2. The highest BCUT2D eigenvalue weighted by Gasteiger charge is 2.33. The van der Waals surface area contributed by atoms with Crippen LogP contribution in [0, 0.1) is 5.92 Å². The van der Waals surface area contributed by atoms with Crippen molar-refractivity contribution in [3.05, 3.63) is 17.5 Å². The second-order valence-electron chi connectivity index (χ2n) is 6.42. The molecule has 8 heteroatoms. The molecule has 0 unspecified atom stereocenters. The van der Waals surface area contributed by atoms with Crippen molar-refractivity contribution < 1.29 is 22.7 Å². The van der Waals surface area contributed by atoms with E-state index in [2.05, 4.69) is 10.2 Å². The first kappa shape index (κ1) is 16.3. The van der Waals surface area contributed by atoms with Crippen LogP contribution in [0.15, 0.2) is 6.07 Å². The molecule has 2 aliphatic rings. The highest BCUT2D eigenvalue weighted by atomic mass is 19.4. The van der Waals surface area contributed by atoms with E-state index in [9.17, 15) is 18.0 Å². The number of esters is 1. The largest absolute Gasteiger partial charge is 0.461 e. The highest BCUT2D eigenvalue weighted by molar-refractivity contribution is 5.87.